The summed E-state index contributed by atoms with van der Waals surface area (Å²) in [6.07, 6.45) is 0. The fourth-order valence-electron chi connectivity index (χ4n) is 7.10. The van der Waals surface area contributed by atoms with Gasteiger partial charge in [-0.1, -0.05) is 91.0 Å². The van der Waals surface area contributed by atoms with Gasteiger partial charge in [-0.3, -0.25) is 0 Å². The van der Waals surface area contributed by atoms with Gasteiger partial charge >= 0.3 is 0 Å². The Hall–Kier alpha value is -6.06. The van der Waals surface area contributed by atoms with Crippen molar-refractivity contribution in [3.63, 3.8) is 0 Å². The van der Waals surface area contributed by atoms with Crippen LogP contribution in [0.25, 0.3) is 93.6 Å². The molecule has 0 atom stereocenters. The Morgan fingerprint density at radius 2 is 1.00 bits per heavy atom. The highest BCUT2D eigenvalue weighted by Gasteiger charge is 2.20. The number of hydrogen-bond donors (Lipinski definition) is 0. The van der Waals surface area contributed by atoms with Crippen molar-refractivity contribution in [2.45, 2.75) is 0 Å². The Labute approximate surface area is 258 Å². The standard InChI is InChI=1S/C42H25NO2/c1-2-12-30(13-3-1)43-37-17-9-8-16-34(37)42-41(43)35-21-19-29(25-39(35)45-42)32-15-7-6-14-31(32)28-18-20-33-36-22-26-10-4-5-11-27(26)23-40(36)44-38(33)24-28/h1-25H. The molecule has 0 fully saturated rings. The van der Waals surface area contributed by atoms with Gasteiger partial charge in [-0.15, -0.1) is 0 Å². The van der Waals surface area contributed by atoms with Crippen LogP contribution in [0.1, 0.15) is 0 Å². The zero-order chi connectivity index (χ0) is 29.5. The molecule has 0 amide bonds. The first-order valence-corrected chi connectivity index (χ1v) is 15.3. The van der Waals surface area contributed by atoms with Crippen LogP contribution >= 0.6 is 0 Å². The van der Waals surface area contributed by atoms with Crippen molar-refractivity contribution in [1.82, 2.24) is 4.57 Å². The molecule has 3 heterocycles. The van der Waals surface area contributed by atoms with Gasteiger partial charge in [-0.25, -0.2) is 0 Å². The summed E-state index contributed by atoms with van der Waals surface area (Å²) in [7, 11) is 0. The topological polar surface area (TPSA) is 31.2 Å². The largest absolute Gasteiger partial charge is 0.456 e. The van der Waals surface area contributed by atoms with E-state index in [0.29, 0.717) is 0 Å². The zero-order valence-corrected chi connectivity index (χ0v) is 24.2. The molecule has 10 aromatic rings. The molecular formula is C42H25NO2. The van der Waals surface area contributed by atoms with Gasteiger partial charge in [0.25, 0.3) is 0 Å². The maximum atomic E-state index is 6.66. The van der Waals surface area contributed by atoms with E-state index < -0.39 is 0 Å². The SMILES string of the molecule is c1ccc(-n2c3ccccc3c3oc4cc(-c5ccccc5-c5ccc6c(c5)oc5cc7ccccc7cc56)ccc4c32)cc1. The molecule has 3 nitrogen and oxygen atoms in total. The highest BCUT2D eigenvalue weighted by molar-refractivity contribution is 6.17. The molecule has 0 spiro atoms. The van der Waals surface area contributed by atoms with E-state index >= 15 is 0 Å². The van der Waals surface area contributed by atoms with Crippen molar-refractivity contribution in [3.8, 4) is 27.9 Å². The third-order valence-electron chi connectivity index (χ3n) is 9.18. The van der Waals surface area contributed by atoms with E-state index in [1.54, 1.807) is 0 Å². The van der Waals surface area contributed by atoms with Crippen molar-refractivity contribution in [2.24, 2.45) is 0 Å². The van der Waals surface area contributed by atoms with Crippen LogP contribution in [0.3, 0.4) is 0 Å². The van der Waals surface area contributed by atoms with Gasteiger partial charge in [-0.2, -0.15) is 0 Å². The second kappa shape index (κ2) is 9.22. The summed E-state index contributed by atoms with van der Waals surface area (Å²) < 4.78 is 15.4. The number of para-hydroxylation sites is 2. The van der Waals surface area contributed by atoms with Gasteiger partial charge in [0.1, 0.15) is 22.3 Å². The number of fused-ring (bicyclic) bond motifs is 9. The van der Waals surface area contributed by atoms with E-state index in [1.165, 1.54) is 10.8 Å². The van der Waals surface area contributed by atoms with Gasteiger partial charge in [-0.05, 0) is 93.7 Å². The fraction of sp³-hybridized carbons (Fsp3) is 0. The van der Waals surface area contributed by atoms with Gasteiger partial charge in [0.15, 0.2) is 5.58 Å². The minimum atomic E-state index is 0.877. The van der Waals surface area contributed by atoms with Crippen molar-refractivity contribution in [2.75, 3.05) is 0 Å². The summed E-state index contributed by atoms with van der Waals surface area (Å²) in [5.41, 5.74) is 11.5. The van der Waals surface area contributed by atoms with Crippen molar-refractivity contribution >= 4 is 65.7 Å². The Morgan fingerprint density at radius 3 is 1.78 bits per heavy atom. The number of nitrogens with zero attached hydrogens (tertiary/aromatic N) is 1. The molecule has 210 valence electrons. The van der Waals surface area contributed by atoms with E-state index in [0.717, 1.165) is 82.9 Å². The Bertz CT molecular complexity index is 2760. The number of furan rings is 2. The summed E-state index contributed by atoms with van der Waals surface area (Å²) in [5, 5.41) is 6.89. The van der Waals surface area contributed by atoms with E-state index in [2.05, 4.69) is 156 Å². The zero-order valence-electron chi connectivity index (χ0n) is 24.2. The molecule has 0 N–H and O–H groups in total. The first-order chi connectivity index (χ1) is 22.3. The lowest BCUT2D eigenvalue weighted by Crippen LogP contribution is -1.92. The normalized spacial score (nSPS) is 12.0. The molecule has 0 saturated carbocycles. The van der Waals surface area contributed by atoms with E-state index in [9.17, 15) is 0 Å². The summed E-state index contributed by atoms with van der Waals surface area (Å²) in [4.78, 5) is 0. The molecule has 0 aliphatic rings. The molecule has 0 aliphatic carbocycles. The third-order valence-corrected chi connectivity index (χ3v) is 9.18. The number of benzene rings is 7. The second-order valence-corrected chi connectivity index (χ2v) is 11.7. The minimum Gasteiger partial charge on any atom is -0.456 e. The van der Waals surface area contributed by atoms with Crippen molar-refractivity contribution in [1.29, 1.82) is 0 Å². The predicted octanol–water partition coefficient (Wildman–Crippen LogP) is 11.9. The lowest BCUT2D eigenvalue weighted by molar-refractivity contribution is 0.669. The monoisotopic (exact) mass is 575 g/mol. The van der Waals surface area contributed by atoms with Gasteiger partial charge < -0.3 is 13.4 Å². The number of rotatable bonds is 3. The molecule has 7 aromatic carbocycles. The Balaban J connectivity index is 1.14. The molecule has 10 rings (SSSR count). The molecule has 0 bridgehead atoms. The molecule has 0 aliphatic heterocycles. The molecule has 45 heavy (non-hydrogen) atoms. The Morgan fingerprint density at radius 1 is 0.400 bits per heavy atom. The van der Waals surface area contributed by atoms with Crippen LogP contribution in [0.4, 0.5) is 0 Å². The molecule has 3 heteroatoms. The average Bonchev–Trinajstić information content (AvgIpc) is 3.75. The highest BCUT2D eigenvalue weighted by Crippen LogP contribution is 2.42. The molecular weight excluding hydrogens is 550 g/mol. The van der Waals surface area contributed by atoms with Gasteiger partial charge in [0.2, 0.25) is 0 Å². The van der Waals surface area contributed by atoms with Crippen LogP contribution in [0.15, 0.2) is 160 Å². The van der Waals surface area contributed by atoms with Crippen LogP contribution in [0.5, 0.6) is 0 Å². The summed E-state index contributed by atoms with van der Waals surface area (Å²) in [6.45, 7) is 0. The third kappa shape index (κ3) is 3.58. The van der Waals surface area contributed by atoms with Crippen LogP contribution < -0.4 is 0 Å². The summed E-state index contributed by atoms with van der Waals surface area (Å²) in [5.74, 6) is 0. The van der Waals surface area contributed by atoms with E-state index in [1.807, 2.05) is 0 Å². The molecule has 0 radical (unpaired) electrons. The van der Waals surface area contributed by atoms with Crippen LogP contribution in [0.2, 0.25) is 0 Å². The highest BCUT2D eigenvalue weighted by atomic mass is 16.3. The van der Waals surface area contributed by atoms with E-state index in [4.69, 9.17) is 8.83 Å². The lowest BCUT2D eigenvalue weighted by Gasteiger charge is -2.11. The predicted molar refractivity (Wildman–Crippen MR) is 186 cm³/mol. The average molecular weight is 576 g/mol. The fourth-order valence-corrected chi connectivity index (χ4v) is 7.10. The maximum absolute atomic E-state index is 6.66. The first-order valence-electron chi connectivity index (χ1n) is 15.3. The molecule has 0 saturated heterocycles. The van der Waals surface area contributed by atoms with Crippen molar-refractivity contribution < 1.29 is 8.83 Å². The van der Waals surface area contributed by atoms with Gasteiger partial charge in [0, 0.05) is 27.2 Å². The molecule has 3 aromatic heterocycles. The van der Waals surface area contributed by atoms with Crippen LogP contribution in [-0.4, -0.2) is 4.57 Å². The van der Waals surface area contributed by atoms with Crippen LogP contribution in [0, 0.1) is 0 Å². The Kier molecular flexibility index (Phi) is 5.00. The number of hydrogen-bond acceptors (Lipinski definition) is 2. The maximum Gasteiger partial charge on any atom is 0.161 e. The van der Waals surface area contributed by atoms with Gasteiger partial charge in [0.05, 0.1) is 5.52 Å². The van der Waals surface area contributed by atoms with Crippen molar-refractivity contribution in [3.05, 3.63) is 152 Å². The van der Waals surface area contributed by atoms with Crippen LogP contribution in [-0.2, 0) is 0 Å². The number of aromatic nitrogens is 1. The minimum absolute atomic E-state index is 0.877. The first kappa shape index (κ1) is 24.4. The smallest absolute Gasteiger partial charge is 0.161 e. The summed E-state index contributed by atoms with van der Waals surface area (Å²) >= 11 is 0. The quantitative estimate of drug-likeness (QED) is 0.210. The second-order valence-electron chi connectivity index (χ2n) is 11.7. The van der Waals surface area contributed by atoms with E-state index in [-0.39, 0.29) is 0 Å². The lowest BCUT2D eigenvalue weighted by atomic mass is 9.93. The summed E-state index contributed by atoms with van der Waals surface area (Å²) in [6, 6.07) is 53.6. The molecule has 0 unspecified atom stereocenters.